The molecule has 1 rings (SSSR count). The molecule has 0 radical (unpaired) electrons. The maximum Gasteiger partial charge on any atom is 0.251 e. The number of hydrogen-bond donors (Lipinski definition) is 2. The predicted octanol–water partition coefficient (Wildman–Crippen LogP) is 1.57. The molecule has 0 atom stereocenters. The number of anilines is 1. The van der Waals surface area contributed by atoms with Crippen LogP contribution in [0.4, 0.5) is 5.69 Å². The monoisotopic (exact) mass is 277 g/mol. The van der Waals surface area contributed by atoms with Crippen molar-refractivity contribution in [1.29, 1.82) is 0 Å². The van der Waals surface area contributed by atoms with Gasteiger partial charge < -0.3 is 16.0 Å². The highest BCUT2D eigenvalue weighted by Crippen LogP contribution is 2.12. The van der Waals surface area contributed by atoms with E-state index in [-0.39, 0.29) is 11.8 Å². The minimum Gasteiger partial charge on any atom is -0.399 e. The maximum atomic E-state index is 12.0. The van der Waals surface area contributed by atoms with E-state index < -0.39 is 0 Å². The number of rotatable bonds is 6. The molecule has 1 aromatic rings. The number of carbonyl (C=O) groups is 2. The van der Waals surface area contributed by atoms with Crippen molar-refractivity contribution in [2.75, 3.05) is 25.4 Å². The van der Waals surface area contributed by atoms with Gasteiger partial charge >= 0.3 is 0 Å². The van der Waals surface area contributed by atoms with Gasteiger partial charge in [-0.25, -0.2) is 0 Å². The molecule has 5 heteroatoms. The van der Waals surface area contributed by atoms with E-state index in [1.165, 1.54) is 0 Å². The first kappa shape index (κ1) is 16.0. The van der Waals surface area contributed by atoms with Crippen molar-refractivity contribution in [1.82, 2.24) is 10.2 Å². The maximum absolute atomic E-state index is 12.0. The van der Waals surface area contributed by atoms with Gasteiger partial charge in [0, 0.05) is 37.3 Å². The third-order valence-electron chi connectivity index (χ3n) is 3.24. The molecule has 0 bridgehead atoms. The summed E-state index contributed by atoms with van der Waals surface area (Å²) in [6, 6.07) is 5.16. The molecule has 0 aliphatic rings. The molecular weight excluding hydrogens is 254 g/mol. The van der Waals surface area contributed by atoms with E-state index in [2.05, 4.69) is 5.32 Å². The van der Waals surface area contributed by atoms with Crippen molar-refractivity contribution in [3.63, 3.8) is 0 Å². The van der Waals surface area contributed by atoms with Gasteiger partial charge in [0.25, 0.3) is 5.91 Å². The molecule has 1 aromatic carbocycles. The summed E-state index contributed by atoms with van der Waals surface area (Å²) in [6.07, 6.45) is 0.321. The second-order valence-corrected chi connectivity index (χ2v) is 4.65. The van der Waals surface area contributed by atoms with Crippen LogP contribution in [0.5, 0.6) is 0 Å². The van der Waals surface area contributed by atoms with Gasteiger partial charge in [-0.1, -0.05) is 0 Å². The Kier molecular flexibility index (Phi) is 6.03. The Morgan fingerprint density at radius 1 is 1.25 bits per heavy atom. The fourth-order valence-corrected chi connectivity index (χ4v) is 2.05. The summed E-state index contributed by atoms with van der Waals surface area (Å²) in [4.78, 5) is 25.5. The number of nitrogen functional groups attached to an aromatic ring is 1. The molecule has 0 spiro atoms. The number of amides is 2. The smallest absolute Gasteiger partial charge is 0.251 e. The van der Waals surface area contributed by atoms with E-state index in [1.807, 2.05) is 20.8 Å². The lowest BCUT2D eigenvalue weighted by Gasteiger charge is -2.18. The topological polar surface area (TPSA) is 75.4 Å². The molecule has 0 unspecified atom stereocenters. The summed E-state index contributed by atoms with van der Waals surface area (Å²) in [7, 11) is 0. The van der Waals surface area contributed by atoms with E-state index in [4.69, 9.17) is 5.73 Å². The lowest BCUT2D eigenvalue weighted by atomic mass is 10.1. The van der Waals surface area contributed by atoms with Crippen molar-refractivity contribution in [3.8, 4) is 0 Å². The average molecular weight is 277 g/mol. The summed E-state index contributed by atoms with van der Waals surface area (Å²) < 4.78 is 0. The van der Waals surface area contributed by atoms with Crippen LogP contribution in [-0.4, -0.2) is 36.3 Å². The van der Waals surface area contributed by atoms with Crippen molar-refractivity contribution >= 4 is 17.5 Å². The Bertz CT molecular complexity index is 482. The molecule has 110 valence electrons. The molecule has 0 aliphatic carbocycles. The number of hydrogen-bond acceptors (Lipinski definition) is 3. The quantitative estimate of drug-likeness (QED) is 0.775. The summed E-state index contributed by atoms with van der Waals surface area (Å²) in [5.41, 5.74) is 7.71. The molecule has 2 amide bonds. The lowest BCUT2D eigenvalue weighted by molar-refractivity contribution is -0.130. The molecule has 0 heterocycles. The van der Waals surface area contributed by atoms with Crippen LogP contribution in [0.3, 0.4) is 0 Å². The minimum atomic E-state index is -0.171. The zero-order valence-electron chi connectivity index (χ0n) is 12.4. The number of nitrogens with one attached hydrogen (secondary N) is 1. The van der Waals surface area contributed by atoms with Crippen molar-refractivity contribution in [2.24, 2.45) is 0 Å². The number of nitrogens with zero attached hydrogens (tertiary/aromatic N) is 1. The largest absolute Gasteiger partial charge is 0.399 e. The molecule has 3 N–H and O–H groups in total. The highest BCUT2D eigenvalue weighted by Gasteiger charge is 2.12. The molecular formula is C15H23N3O2. The Labute approximate surface area is 120 Å². The summed E-state index contributed by atoms with van der Waals surface area (Å²) >= 11 is 0. The van der Waals surface area contributed by atoms with Gasteiger partial charge in [-0.15, -0.1) is 0 Å². The van der Waals surface area contributed by atoms with Crippen molar-refractivity contribution in [2.45, 2.75) is 27.2 Å². The van der Waals surface area contributed by atoms with Crippen LogP contribution in [0.15, 0.2) is 18.2 Å². The van der Waals surface area contributed by atoms with Crippen LogP contribution in [0.1, 0.15) is 36.2 Å². The van der Waals surface area contributed by atoms with E-state index >= 15 is 0 Å². The first-order valence-corrected chi connectivity index (χ1v) is 6.91. The third kappa shape index (κ3) is 4.26. The first-order chi connectivity index (χ1) is 9.49. The van der Waals surface area contributed by atoms with Gasteiger partial charge in [-0.2, -0.15) is 0 Å². The Balaban J connectivity index is 2.50. The number of nitrogens with two attached hydrogens (primary N) is 1. The van der Waals surface area contributed by atoms with Crippen LogP contribution in [0.25, 0.3) is 0 Å². The normalized spacial score (nSPS) is 10.2. The molecule has 0 aromatic heterocycles. The minimum absolute atomic E-state index is 0.0596. The van der Waals surface area contributed by atoms with Gasteiger partial charge in [0.1, 0.15) is 0 Å². The summed E-state index contributed by atoms with van der Waals surface area (Å²) in [5.74, 6) is -0.112. The fraction of sp³-hybridized carbons (Fsp3) is 0.467. The lowest BCUT2D eigenvalue weighted by Crippen LogP contribution is -2.34. The second-order valence-electron chi connectivity index (χ2n) is 4.65. The van der Waals surface area contributed by atoms with E-state index in [9.17, 15) is 9.59 Å². The molecule has 0 fully saturated rings. The second kappa shape index (κ2) is 7.53. The molecule has 5 nitrogen and oxygen atoms in total. The van der Waals surface area contributed by atoms with Crippen molar-refractivity contribution in [3.05, 3.63) is 29.3 Å². The molecule has 0 saturated carbocycles. The Morgan fingerprint density at radius 2 is 1.90 bits per heavy atom. The average Bonchev–Trinajstić information content (AvgIpc) is 2.39. The van der Waals surface area contributed by atoms with Gasteiger partial charge in [-0.3, -0.25) is 9.59 Å². The molecule has 20 heavy (non-hydrogen) atoms. The van der Waals surface area contributed by atoms with E-state index in [0.29, 0.717) is 37.3 Å². The number of benzene rings is 1. The van der Waals surface area contributed by atoms with Gasteiger partial charge in [0.2, 0.25) is 5.91 Å². The van der Waals surface area contributed by atoms with Crippen LogP contribution in [0.2, 0.25) is 0 Å². The third-order valence-corrected chi connectivity index (χ3v) is 3.24. The Morgan fingerprint density at radius 3 is 2.45 bits per heavy atom. The SMILES string of the molecule is CCN(CC)C(=O)CCNC(=O)c1ccc(N)cc1C. The van der Waals surface area contributed by atoms with Gasteiger partial charge in [-0.05, 0) is 44.5 Å². The zero-order chi connectivity index (χ0) is 15.1. The van der Waals surface area contributed by atoms with Crippen LogP contribution < -0.4 is 11.1 Å². The summed E-state index contributed by atoms with van der Waals surface area (Å²) in [6.45, 7) is 7.46. The van der Waals surface area contributed by atoms with Crippen molar-refractivity contribution < 1.29 is 9.59 Å². The fourth-order valence-electron chi connectivity index (χ4n) is 2.05. The highest BCUT2D eigenvalue weighted by molar-refractivity contribution is 5.96. The summed E-state index contributed by atoms with van der Waals surface area (Å²) in [5, 5.41) is 2.77. The molecule has 0 aliphatic heterocycles. The zero-order valence-corrected chi connectivity index (χ0v) is 12.4. The highest BCUT2D eigenvalue weighted by atomic mass is 16.2. The predicted molar refractivity (Wildman–Crippen MR) is 80.5 cm³/mol. The standard InChI is InChI=1S/C15H23N3O2/c1-4-18(5-2)14(19)8-9-17-15(20)13-7-6-12(16)10-11(13)3/h6-7,10H,4-5,8-9,16H2,1-3H3,(H,17,20). The molecule has 0 saturated heterocycles. The van der Waals surface area contributed by atoms with Crippen LogP contribution in [-0.2, 0) is 4.79 Å². The van der Waals surface area contributed by atoms with Gasteiger partial charge in [0.05, 0.1) is 0 Å². The first-order valence-electron chi connectivity index (χ1n) is 6.91. The van der Waals surface area contributed by atoms with E-state index in [0.717, 1.165) is 5.56 Å². The van der Waals surface area contributed by atoms with Crippen LogP contribution in [0, 0.1) is 6.92 Å². The van der Waals surface area contributed by atoms with E-state index in [1.54, 1.807) is 23.1 Å². The number of carbonyl (C=O) groups excluding carboxylic acids is 2. The van der Waals surface area contributed by atoms with Crippen LogP contribution >= 0.6 is 0 Å². The van der Waals surface area contributed by atoms with Gasteiger partial charge in [0.15, 0.2) is 0 Å². The Hall–Kier alpha value is -2.04. The number of aryl methyl sites for hydroxylation is 1.